The second-order valence-corrected chi connectivity index (χ2v) is 9.47. The van der Waals surface area contributed by atoms with Crippen molar-refractivity contribution in [3.05, 3.63) is 64.1 Å². The maximum absolute atomic E-state index is 13.3. The van der Waals surface area contributed by atoms with E-state index in [1.807, 2.05) is 19.1 Å². The van der Waals surface area contributed by atoms with Crippen molar-refractivity contribution in [2.45, 2.75) is 23.0 Å². The monoisotopic (exact) mass is 413 g/mol. The summed E-state index contributed by atoms with van der Waals surface area (Å²) in [7, 11) is -3.60. The zero-order valence-corrected chi connectivity index (χ0v) is 16.7. The fraction of sp³-hybridized carbons (Fsp3) is 0.368. The summed E-state index contributed by atoms with van der Waals surface area (Å²) < 4.78 is 32.3. The molecule has 2 aromatic carbocycles. The van der Waals surface area contributed by atoms with E-state index in [0.717, 1.165) is 5.56 Å². The molecule has 1 saturated carbocycles. The van der Waals surface area contributed by atoms with Gasteiger partial charge in [0.1, 0.15) is 0 Å². The summed E-state index contributed by atoms with van der Waals surface area (Å²) in [6.07, 6.45) is 0. The third-order valence-electron chi connectivity index (χ3n) is 5.02. The van der Waals surface area contributed by atoms with Gasteiger partial charge in [0.2, 0.25) is 0 Å². The van der Waals surface area contributed by atoms with Gasteiger partial charge in [-0.25, -0.2) is 8.42 Å². The summed E-state index contributed by atoms with van der Waals surface area (Å²) in [5.41, 5.74) is 6.26. The number of hydrogen-bond acceptors (Lipinski definition) is 4. The Labute approximate surface area is 164 Å². The van der Waals surface area contributed by atoms with Crippen molar-refractivity contribution in [3.8, 4) is 0 Å². The van der Waals surface area contributed by atoms with Crippen LogP contribution in [0.3, 0.4) is 0 Å². The van der Waals surface area contributed by atoms with Gasteiger partial charge in [0.05, 0.1) is 16.8 Å². The van der Waals surface area contributed by atoms with Crippen molar-refractivity contribution in [1.82, 2.24) is 0 Å². The average molecular weight is 414 g/mol. The van der Waals surface area contributed by atoms with E-state index >= 15 is 0 Å². The summed E-state index contributed by atoms with van der Waals surface area (Å²) in [6.45, 7) is 2.87. The minimum absolute atomic E-state index is 0.210. The normalized spacial score (nSPS) is 25.2. The highest BCUT2D eigenvalue weighted by Gasteiger charge is 2.70. The van der Waals surface area contributed by atoms with Gasteiger partial charge in [0, 0.05) is 34.5 Å². The zero-order valence-electron chi connectivity index (χ0n) is 14.4. The summed E-state index contributed by atoms with van der Waals surface area (Å²) >= 11 is 12.0. The molecule has 1 aliphatic rings. The standard InChI is InChI=1S/C19H21Cl2NO3S/c1-2-25-12-19(11-22)17(13-4-3-5-15(21)10-13)18(19)26(23,24)16-8-6-14(20)7-9-16/h3-10,17-18H,2,11-12,22H2,1H3. The lowest BCUT2D eigenvalue weighted by atomic mass is 10.00. The summed E-state index contributed by atoms with van der Waals surface area (Å²) in [4.78, 5) is 0.241. The van der Waals surface area contributed by atoms with Crippen LogP contribution in [-0.2, 0) is 14.6 Å². The molecule has 26 heavy (non-hydrogen) atoms. The first-order valence-electron chi connectivity index (χ1n) is 8.39. The molecular weight excluding hydrogens is 393 g/mol. The highest BCUT2D eigenvalue weighted by atomic mass is 35.5. The second kappa shape index (κ2) is 7.49. The second-order valence-electron chi connectivity index (χ2n) is 6.53. The first kappa shape index (κ1) is 19.6. The van der Waals surface area contributed by atoms with E-state index < -0.39 is 20.5 Å². The van der Waals surface area contributed by atoms with Crippen LogP contribution in [0.5, 0.6) is 0 Å². The van der Waals surface area contributed by atoms with Crippen molar-refractivity contribution in [2.24, 2.45) is 11.1 Å². The lowest BCUT2D eigenvalue weighted by Crippen LogP contribution is -2.29. The molecule has 0 spiro atoms. The molecule has 0 heterocycles. The molecule has 2 N–H and O–H groups in total. The van der Waals surface area contributed by atoms with Crippen LogP contribution in [0.4, 0.5) is 0 Å². The first-order valence-corrected chi connectivity index (χ1v) is 10.7. The Morgan fingerprint density at radius 1 is 1.12 bits per heavy atom. The molecule has 3 rings (SSSR count). The molecule has 140 valence electrons. The van der Waals surface area contributed by atoms with E-state index in [1.54, 1.807) is 24.3 Å². The van der Waals surface area contributed by atoms with Crippen molar-refractivity contribution in [2.75, 3.05) is 19.8 Å². The fourth-order valence-electron chi connectivity index (χ4n) is 3.69. The van der Waals surface area contributed by atoms with Crippen LogP contribution in [0.15, 0.2) is 53.4 Å². The highest BCUT2D eigenvalue weighted by molar-refractivity contribution is 7.92. The average Bonchev–Trinajstić information content (AvgIpc) is 3.31. The van der Waals surface area contributed by atoms with Gasteiger partial charge in [-0.1, -0.05) is 35.3 Å². The van der Waals surface area contributed by atoms with Crippen LogP contribution in [0, 0.1) is 5.41 Å². The molecule has 0 bridgehead atoms. The Hall–Kier alpha value is -1.11. The molecule has 0 aliphatic heterocycles. The van der Waals surface area contributed by atoms with E-state index in [1.165, 1.54) is 12.1 Å². The van der Waals surface area contributed by atoms with Gasteiger partial charge in [0.15, 0.2) is 9.84 Å². The van der Waals surface area contributed by atoms with Gasteiger partial charge in [-0.2, -0.15) is 0 Å². The van der Waals surface area contributed by atoms with E-state index in [9.17, 15) is 8.42 Å². The van der Waals surface area contributed by atoms with Crippen LogP contribution in [0.1, 0.15) is 18.4 Å². The number of ether oxygens (including phenoxy) is 1. The quantitative estimate of drug-likeness (QED) is 0.746. The Morgan fingerprint density at radius 2 is 1.81 bits per heavy atom. The Kier molecular flexibility index (Phi) is 5.66. The predicted octanol–water partition coefficient (Wildman–Crippen LogP) is 3.91. The Morgan fingerprint density at radius 3 is 2.38 bits per heavy atom. The minimum atomic E-state index is -3.60. The lowest BCUT2D eigenvalue weighted by molar-refractivity contribution is 0.101. The van der Waals surface area contributed by atoms with Crippen molar-refractivity contribution in [3.63, 3.8) is 0 Å². The molecule has 0 aromatic heterocycles. The van der Waals surface area contributed by atoms with Gasteiger partial charge in [-0.15, -0.1) is 0 Å². The molecule has 0 radical (unpaired) electrons. The van der Waals surface area contributed by atoms with Gasteiger partial charge in [0.25, 0.3) is 0 Å². The van der Waals surface area contributed by atoms with Crippen molar-refractivity contribution < 1.29 is 13.2 Å². The third kappa shape index (κ3) is 3.39. The molecular formula is C19H21Cl2NO3S. The molecule has 1 fully saturated rings. The van der Waals surface area contributed by atoms with Crippen molar-refractivity contribution >= 4 is 33.0 Å². The molecule has 2 aromatic rings. The first-order chi connectivity index (χ1) is 12.4. The van der Waals surface area contributed by atoms with Gasteiger partial charge in [-0.05, 0) is 48.9 Å². The number of sulfone groups is 1. The number of benzene rings is 2. The maximum atomic E-state index is 13.3. The van der Waals surface area contributed by atoms with Crippen molar-refractivity contribution in [1.29, 1.82) is 0 Å². The fourth-order valence-corrected chi connectivity index (χ4v) is 6.46. The smallest absolute Gasteiger partial charge is 0.182 e. The highest BCUT2D eigenvalue weighted by Crippen LogP contribution is 2.63. The Bertz CT molecular complexity index is 886. The number of halogens is 2. The maximum Gasteiger partial charge on any atom is 0.182 e. The topological polar surface area (TPSA) is 69.4 Å². The van der Waals surface area contributed by atoms with E-state index in [2.05, 4.69) is 0 Å². The Balaban J connectivity index is 2.05. The van der Waals surface area contributed by atoms with E-state index in [-0.39, 0.29) is 24.0 Å². The molecule has 4 nitrogen and oxygen atoms in total. The van der Waals surface area contributed by atoms with Crippen LogP contribution in [0.2, 0.25) is 10.0 Å². The summed E-state index contributed by atoms with van der Waals surface area (Å²) in [6, 6.07) is 13.5. The van der Waals surface area contributed by atoms with E-state index in [4.69, 9.17) is 33.7 Å². The van der Waals surface area contributed by atoms with E-state index in [0.29, 0.717) is 16.7 Å². The minimum Gasteiger partial charge on any atom is -0.381 e. The van der Waals surface area contributed by atoms with Crippen LogP contribution < -0.4 is 5.73 Å². The number of rotatable bonds is 7. The SMILES string of the molecule is CCOCC1(CN)C(c2cccc(Cl)c2)C1S(=O)(=O)c1ccc(Cl)cc1. The predicted molar refractivity (Wildman–Crippen MR) is 105 cm³/mol. The summed E-state index contributed by atoms with van der Waals surface area (Å²) in [5.74, 6) is -0.265. The molecule has 0 amide bonds. The molecule has 1 aliphatic carbocycles. The molecule has 0 saturated heterocycles. The third-order valence-corrected chi connectivity index (χ3v) is 7.85. The number of nitrogens with two attached hydrogens (primary N) is 1. The zero-order chi connectivity index (χ0) is 18.9. The van der Waals surface area contributed by atoms with Crippen LogP contribution >= 0.6 is 23.2 Å². The number of hydrogen-bond donors (Lipinski definition) is 1. The van der Waals surface area contributed by atoms with Crippen LogP contribution in [-0.4, -0.2) is 33.4 Å². The largest absolute Gasteiger partial charge is 0.381 e. The van der Waals surface area contributed by atoms with Gasteiger partial charge >= 0.3 is 0 Å². The molecule has 3 atom stereocenters. The molecule has 3 unspecified atom stereocenters. The van der Waals surface area contributed by atoms with Gasteiger partial charge < -0.3 is 10.5 Å². The summed E-state index contributed by atoms with van der Waals surface area (Å²) in [5, 5.41) is 0.399. The lowest BCUT2D eigenvalue weighted by Gasteiger charge is -2.16. The molecule has 7 heteroatoms. The van der Waals surface area contributed by atoms with Gasteiger partial charge in [-0.3, -0.25) is 0 Å². The van der Waals surface area contributed by atoms with Crippen LogP contribution in [0.25, 0.3) is 0 Å².